The number of likely N-dealkylation sites (tertiary alicyclic amines) is 1. The van der Waals surface area contributed by atoms with Gasteiger partial charge in [0.05, 0.1) is 6.20 Å². The van der Waals surface area contributed by atoms with Crippen LogP contribution in [-0.4, -0.2) is 44.0 Å². The Morgan fingerprint density at radius 1 is 1.05 bits per heavy atom. The number of hydrogen-bond donors (Lipinski definition) is 5. The molecule has 0 spiro atoms. The lowest BCUT2D eigenvalue weighted by Crippen LogP contribution is -2.35. The lowest BCUT2D eigenvalue weighted by molar-refractivity contribution is 0.180. The van der Waals surface area contributed by atoms with Gasteiger partial charge in [-0.05, 0) is 62.4 Å². The van der Waals surface area contributed by atoms with Crippen molar-refractivity contribution < 1.29 is 0 Å². The normalized spacial score (nSPS) is 18.4. The molecule has 1 saturated heterocycles. The third kappa shape index (κ3) is 6.46. The van der Waals surface area contributed by atoms with Gasteiger partial charge in [0.25, 0.3) is 5.56 Å². The number of fused-ring (bicyclic) bond motifs is 1. The van der Waals surface area contributed by atoms with Crippen molar-refractivity contribution in [2.75, 3.05) is 18.4 Å². The molecule has 0 unspecified atom stereocenters. The van der Waals surface area contributed by atoms with Crippen LogP contribution >= 0.6 is 0 Å². The van der Waals surface area contributed by atoms with Gasteiger partial charge in [-0.3, -0.25) is 9.69 Å². The van der Waals surface area contributed by atoms with Gasteiger partial charge in [0.1, 0.15) is 28.4 Å². The van der Waals surface area contributed by atoms with Crippen LogP contribution in [0.15, 0.2) is 40.4 Å². The summed E-state index contributed by atoms with van der Waals surface area (Å²) in [5.74, 6) is 7.98. The smallest absolute Gasteiger partial charge is 0.277 e. The molecule has 0 atom stereocenters. The fourth-order valence-corrected chi connectivity index (χ4v) is 5.69. The average molecular weight is 519 g/mol. The molecule has 38 heavy (non-hydrogen) atoms. The fourth-order valence-electron chi connectivity index (χ4n) is 5.69. The number of H-pyrrole nitrogens is 1. The highest BCUT2D eigenvalue weighted by Gasteiger charge is 2.22. The Bertz CT molecular complexity index is 1290. The van der Waals surface area contributed by atoms with E-state index >= 15 is 0 Å². The lowest BCUT2D eigenvalue weighted by Gasteiger charge is -2.31. The van der Waals surface area contributed by atoms with Crippen molar-refractivity contribution in [2.45, 2.75) is 70.3 Å². The number of hydrazine groups is 1. The maximum atomic E-state index is 12.7. The Kier molecular flexibility index (Phi) is 8.44. The van der Waals surface area contributed by atoms with Gasteiger partial charge in [0, 0.05) is 24.6 Å². The van der Waals surface area contributed by atoms with Crippen molar-refractivity contribution >= 4 is 28.2 Å². The summed E-state index contributed by atoms with van der Waals surface area (Å²) in [5.41, 5.74) is 10.6. The van der Waals surface area contributed by atoms with E-state index in [9.17, 15) is 4.79 Å². The number of aromatic amines is 1. The number of amidine groups is 1. The minimum absolute atomic E-state index is 0.287. The van der Waals surface area contributed by atoms with Crippen LogP contribution in [0.2, 0.25) is 0 Å². The molecule has 2 aromatic heterocycles. The Morgan fingerprint density at radius 3 is 2.50 bits per heavy atom. The summed E-state index contributed by atoms with van der Waals surface area (Å²) in [5, 5.41) is 14.2. The summed E-state index contributed by atoms with van der Waals surface area (Å²) < 4.78 is 0. The maximum absolute atomic E-state index is 12.7. The first-order valence-corrected chi connectivity index (χ1v) is 13.7. The second-order valence-corrected chi connectivity index (χ2v) is 10.6. The van der Waals surface area contributed by atoms with E-state index in [1.807, 2.05) is 12.1 Å². The second-order valence-electron chi connectivity index (χ2n) is 10.6. The maximum Gasteiger partial charge on any atom is 0.277 e. The molecule has 11 heteroatoms. The average Bonchev–Trinajstić information content (AvgIpc) is 3.21. The third-order valence-corrected chi connectivity index (χ3v) is 7.79. The molecule has 5 rings (SSSR count). The number of piperidine rings is 1. The molecule has 202 valence electrons. The Labute approximate surface area is 222 Å². The zero-order valence-electron chi connectivity index (χ0n) is 21.8. The number of hydrogen-bond acceptors (Lipinski definition) is 9. The van der Waals surface area contributed by atoms with Crippen LogP contribution < -0.4 is 28.0 Å². The lowest BCUT2D eigenvalue weighted by atomic mass is 9.93. The zero-order valence-corrected chi connectivity index (χ0v) is 21.8. The van der Waals surface area contributed by atoms with E-state index in [0.29, 0.717) is 34.4 Å². The number of rotatable bonds is 8. The molecule has 3 heterocycles. The predicted molar refractivity (Wildman–Crippen MR) is 150 cm³/mol. The van der Waals surface area contributed by atoms with E-state index in [0.717, 1.165) is 63.3 Å². The van der Waals surface area contributed by atoms with Crippen molar-refractivity contribution in [2.24, 2.45) is 22.6 Å². The Balaban J connectivity index is 1.26. The molecule has 1 saturated carbocycles. The molecule has 11 nitrogen and oxygen atoms in total. The molecule has 0 radical (unpaired) electrons. The number of benzene rings is 1. The monoisotopic (exact) mass is 518 g/mol. The highest BCUT2D eigenvalue weighted by Crippen LogP contribution is 2.32. The molecule has 1 aliphatic carbocycles. The molecular weight excluding hydrogens is 480 g/mol. The van der Waals surface area contributed by atoms with Crippen molar-refractivity contribution in [1.29, 1.82) is 0 Å². The molecule has 7 N–H and O–H groups in total. The molecule has 0 amide bonds. The molecule has 1 aliphatic heterocycles. The SMILES string of the molecule is NN/N=C(\N)CC1CCN(Cc2ccc(Nc3nc(C4CCCCCC4)nc4cn[nH]c(=O)c34)cc2)CC1. The summed E-state index contributed by atoms with van der Waals surface area (Å²) in [6.07, 6.45) is 11.6. The minimum Gasteiger partial charge on any atom is -0.386 e. The summed E-state index contributed by atoms with van der Waals surface area (Å²) >= 11 is 0. The molecule has 2 aliphatic rings. The number of anilines is 2. The van der Waals surface area contributed by atoms with Gasteiger partial charge < -0.3 is 11.1 Å². The number of nitrogens with zero attached hydrogens (tertiary/aromatic N) is 5. The summed E-state index contributed by atoms with van der Waals surface area (Å²) in [7, 11) is 0. The molecule has 0 bridgehead atoms. The molecule has 2 fully saturated rings. The third-order valence-electron chi connectivity index (χ3n) is 7.79. The fraction of sp³-hybridized carbons (Fsp3) is 0.519. The van der Waals surface area contributed by atoms with E-state index < -0.39 is 0 Å². The first-order valence-electron chi connectivity index (χ1n) is 13.7. The van der Waals surface area contributed by atoms with Crippen LogP contribution in [0, 0.1) is 5.92 Å². The van der Waals surface area contributed by atoms with Crippen molar-refractivity contribution in [3.63, 3.8) is 0 Å². The number of aromatic nitrogens is 4. The second kappa shape index (κ2) is 12.3. The topological polar surface area (TPSA) is 163 Å². The summed E-state index contributed by atoms with van der Waals surface area (Å²) in [6.45, 7) is 2.96. The van der Waals surface area contributed by atoms with E-state index in [1.165, 1.54) is 31.2 Å². The first kappa shape index (κ1) is 26.1. The van der Waals surface area contributed by atoms with Gasteiger partial charge >= 0.3 is 0 Å². The van der Waals surface area contributed by atoms with E-state index in [1.54, 1.807) is 6.20 Å². The van der Waals surface area contributed by atoms with Crippen LogP contribution in [0.1, 0.15) is 75.1 Å². The van der Waals surface area contributed by atoms with Gasteiger partial charge in [-0.25, -0.2) is 26.4 Å². The van der Waals surface area contributed by atoms with Crippen LogP contribution in [-0.2, 0) is 6.54 Å². The van der Waals surface area contributed by atoms with E-state index in [2.05, 4.69) is 43.2 Å². The molecule has 3 aromatic rings. The van der Waals surface area contributed by atoms with Crippen molar-refractivity contribution in [3.8, 4) is 0 Å². The number of nitrogens with one attached hydrogen (secondary N) is 3. The van der Waals surface area contributed by atoms with Gasteiger partial charge in [-0.2, -0.15) is 10.2 Å². The minimum atomic E-state index is -0.287. The van der Waals surface area contributed by atoms with Gasteiger partial charge in [0.2, 0.25) is 0 Å². The first-order chi connectivity index (χ1) is 18.6. The molecular formula is C27H38N10O. The number of hydrazone groups is 1. The summed E-state index contributed by atoms with van der Waals surface area (Å²) in [6, 6.07) is 8.36. The standard InChI is InChI=1S/C27H38N10O/c28-23(34-36-29)15-18-11-13-37(14-12-18)17-19-7-9-21(10-8-19)31-26-24-22(16-30-35-27(24)38)32-25(33-26)20-5-3-1-2-4-6-20/h7-10,16,18,20,36H,1-6,11-15,17,29H2,(H2,28,34)(H,35,38)(H,31,32,33). The van der Waals surface area contributed by atoms with Crippen LogP contribution in [0.4, 0.5) is 11.5 Å². The van der Waals surface area contributed by atoms with Crippen LogP contribution in [0.25, 0.3) is 10.9 Å². The highest BCUT2D eigenvalue weighted by atomic mass is 16.1. The summed E-state index contributed by atoms with van der Waals surface area (Å²) in [4.78, 5) is 24.7. The van der Waals surface area contributed by atoms with E-state index in [4.69, 9.17) is 21.5 Å². The van der Waals surface area contributed by atoms with Gasteiger partial charge in [0.15, 0.2) is 0 Å². The van der Waals surface area contributed by atoms with Crippen LogP contribution in [0.3, 0.4) is 0 Å². The quantitative estimate of drug-likeness (QED) is 0.0990. The van der Waals surface area contributed by atoms with Gasteiger partial charge in [-0.15, -0.1) is 0 Å². The zero-order chi connectivity index (χ0) is 26.3. The Morgan fingerprint density at radius 2 is 1.79 bits per heavy atom. The van der Waals surface area contributed by atoms with Crippen molar-refractivity contribution in [3.05, 3.63) is 52.2 Å². The van der Waals surface area contributed by atoms with Crippen LogP contribution in [0.5, 0.6) is 0 Å². The van der Waals surface area contributed by atoms with Gasteiger partial charge in [-0.1, -0.05) is 37.8 Å². The number of nitrogens with two attached hydrogens (primary N) is 2. The highest BCUT2D eigenvalue weighted by molar-refractivity contribution is 5.89. The largest absolute Gasteiger partial charge is 0.386 e. The van der Waals surface area contributed by atoms with Crippen molar-refractivity contribution in [1.82, 2.24) is 30.6 Å². The molecule has 1 aromatic carbocycles. The Hall–Kier alpha value is -3.57. The predicted octanol–water partition coefficient (Wildman–Crippen LogP) is 3.23. The van der Waals surface area contributed by atoms with E-state index in [-0.39, 0.29) is 5.56 Å².